The van der Waals surface area contributed by atoms with Gasteiger partial charge in [0.1, 0.15) is 0 Å². The second-order valence-electron chi connectivity index (χ2n) is 8.55. The first-order chi connectivity index (χ1) is 10.8. The summed E-state index contributed by atoms with van der Waals surface area (Å²) in [4.78, 5) is 0. The van der Waals surface area contributed by atoms with Crippen molar-refractivity contribution in [1.29, 1.82) is 0 Å². The minimum Gasteiger partial charge on any atom is -0.378 e. The Morgan fingerprint density at radius 3 is 2.23 bits per heavy atom. The predicted octanol–water partition coefficient (Wildman–Crippen LogP) is 6.21. The summed E-state index contributed by atoms with van der Waals surface area (Å²) in [6.45, 7) is 5.63. The van der Waals surface area contributed by atoms with Crippen LogP contribution in [0.5, 0.6) is 0 Å². The monoisotopic (exact) mass is 306 g/mol. The molecular formula is C21H38O. The molecule has 22 heavy (non-hydrogen) atoms. The van der Waals surface area contributed by atoms with E-state index in [1.807, 2.05) is 0 Å². The van der Waals surface area contributed by atoms with Crippen molar-refractivity contribution in [1.82, 2.24) is 0 Å². The molecule has 1 nitrogen and oxygen atoms in total. The van der Waals surface area contributed by atoms with E-state index in [1.165, 1.54) is 64.2 Å². The summed E-state index contributed by atoms with van der Waals surface area (Å²) in [5.74, 6) is 5.31. The summed E-state index contributed by atoms with van der Waals surface area (Å²) in [6, 6.07) is 0. The highest BCUT2D eigenvalue weighted by atomic mass is 16.5. The highest BCUT2D eigenvalue weighted by molar-refractivity contribution is 4.94. The van der Waals surface area contributed by atoms with E-state index >= 15 is 0 Å². The van der Waals surface area contributed by atoms with Gasteiger partial charge in [-0.05, 0) is 81.0 Å². The van der Waals surface area contributed by atoms with Gasteiger partial charge in [0.05, 0.1) is 6.10 Å². The third-order valence-electron chi connectivity index (χ3n) is 7.15. The molecule has 6 atom stereocenters. The van der Waals surface area contributed by atoms with Crippen molar-refractivity contribution < 1.29 is 4.74 Å². The lowest BCUT2D eigenvalue weighted by molar-refractivity contribution is -0.0536. The van der Waals surface area contributed by atoms with Gasteiger partial charge in [-0.1, -0.05) is 39.5 Å². The fraction of sp³-hybridized carbons (Fsp3) is 1.00. The van der Waals surface area contributed by atoms with Crippen molar-refractivity contribution in [2.45, 2.75) is 97.0 Å². The zero-order chi connectivity index (χ0) is 15.4. The third kappa shape index (κ3) is 3.89. The third-order valence-corrected chi connectivity index (χ3v) is 7.15. The number of hydrogen-bond donors (Lipinski definition) is 0. The number of unbranched alkanes of at least 4 members (excludes halogenated alkanes) is 1. The van der Waals surface area contributed by atoms with Gasteiger partial charge < -0.3 is 4.74 Å². The number of ether oxygens (including phenoxy) is 1. The first-order valence-corrected chi connectivity index (χ1v) is 10.4. The van der Waals surface area contributed by atoms with Gasteiger partial charge in [0.2, 0.25) is 0 Å². The maximum Gasteiger partial charge on any atom is 0.0578 e. The van der Waals surface area contributed by atoms with Crippen molar-refractivity contribution in [2.24, 2.45) is 29.6 Å². The second-order valence-corrected chi connectivity index (χ2v) is 8.55. The van der Waals surface area contributed by atoms with E-state index in [2.05, 4.69) is 13.8 Å². The fourth-order valence-electron chi connectivity index (χ4n) is 6.06. The molecule has 0 bridgehead atoms. The Bertz CT molecular complexity index is 326. The lowest BCUT2D eigenvalue weighted by Gasteiger charge is -2.50. The molecule has 0 heterocycles. The summed E-state index contributed by atoms with van der Waals surface area (Å²) < 4.78 is 6.16. The SMILES string of the molecule is CCCCOC1CCC2C(CCC3CC(CCC)CCC32)C1. The summed E-state index contributed by atoms with van der Waals surface area (Å²) in [5, 5.41) is 0. The largest absolute Gasteiger partial charge is 0.378 e. The van der Waals surface area contributed by atoms with E-state index in [1.54, 1.807) is 12.8 Å². The fourth-order valence-corrected chi connectivity index (χ4v) is 6.06. The van der Waals surface area contributed by atoms with Gasteiger partial charge in [0, 0.05) is 6.61 Å². The molecule has 3 aliphatic carbocycles. The molecule has 0 spiro atoms. The van der Waals surface area contributed by atoms with Gasteiger partial charge in [-0.2, -0.15) is 0 Å². The van der Waals surface area contributed by atoms with Crippen molar-refractivity contribution in [3.8, 4) is 0 Å². The molecule has 3 rings (SSSR count). The van der Waals surface area contributed by atoms with Crippen molar-refractivity contribution in [3.63, 3.8) is 0 Å². The molecule has 0 aromatic carbocycles. The Hall–Kier alpha value is -0.0400. The first kappa shape index (κ1) is 16.8. The average molecular weight is 307 g/mol. The van der Waals surface area contributed by atoms with Crippen LogP contribution in [0.4, 0.5) is 0 Å². The van der Waals surface area contributed by atoms with E-state index < -0.39 is 0 Å². The number of rotatable bonds is 6. The van der Waals surface area contributed by atoms with Crippen LogP contribution in [0.2, 0.25) is 0 Å². The predicted molar refractivity (Wildman–Crippen MR) is 93.9 cm³/mol. The lowest BCUT2D eigenvalue weighted by Crippen LogP contribution is -2.42. The molecule has 0 N–H and O–H groups in total. The molecular weight excluding hydrogens is 268 g/mol. The first-order valence-electron chi connectivity index (χ1n) is 10.4. The molecule has 0 aromatic heterocycles. The van der Waals surface area contributed by atoms with Gasteiger partial charge in [0.25, 0.3) is 0 Å². The molecule has 0 radical (unpaired) electrons. The summed E-state index contributed by atoms with van der Waals surface area (Å²) >= 11 is 0. The Morgan fingerprint density at radius 2 is 1.50 bits per heavy atom. The lowest BCUT2D eigenvalue weighted by atomic mass is 9.56. The van der Waals surface area contributed by atoms with Gasteiger partial charge in [-0.3, -0.25) is 0 Å². The van der Waals surface area contributed by atoms with Gasteiger partial charge in [-0.25, -0.2) is 0 Å². The van der Waals surface area contributed by atoms with Crippen LogP contribution >= 0.6 is 0 Å². The van der Waals surface area contributed by atoms with Crippen LogP contribution in [-0.4, -0.2) is 12.7 Å². The average Bonchev–Trinajstić information content (AvgIpc) is 2.55. The highest BCUT2D eigenvalue weighted by Crippen LogP contribution is 2.53. The van der Waals surface area contributed by atoms with Crippen LogP contribution in [-0.2, 0) is 4.74 Å². The van der Waals surface area contributed by atoms with E-state index in [4.69, 9.17) is 4.74 Å². The van der Waals surface area contributed by atoms with Crippen LogP contribution in [0.25, 0.3) is 0 Å². The van der Waals surface area contributed by atoms with E-state index in [-0.39, 0.29) is 0 Å². The molecule has 0 amide bonds. The maximum absolute atomic E-state index is 6.16. The smallest absolute Gasteiger partial charge is 0.0578 e. The standard InChI is InChI=1S/C21H38O/c1-3-5-13-22-19-10-12-21-18(15-19)9-8-17-14-16(6-4-2)7-11-20(17)21/h16-21H,3-15H2,1-2H3. The van der Waals surface area contributed by atoms with Crippen molar-refractivity contribution in [2.75, 3.05) is 6.61 Å². The second kappa shape index (κ2) is 8.18. The summed E-state index contributed by atoms with van der Waals surface area (Å²) in [6.07, 6.45) is 17.9. The summed E-state index contributed by atoms with van der Waals surface area (Å²) in [5.41, 5.74) is 0. The zero-order valence-electron chi connectivity index (χ0n) is 15.1. The topological polar surface area (TPSA) is 9.23 Å². The van der Waals surface area contributed by atoms with Crippen molar-refractivity contribution in [3.05, 3.63) is 0 Å². The van der Waals surface area contributed by atoms with Crippen LogP contribution in [0.3, 0.4) is 0 Å². The molecule has 3 fully saturated rings. The highest BCUT2D eigenvalue weighted by Gasteiger charge is 2.44. The molecule has 1 heteroatoms. The zero-order valence-corrected chi connectivity index (χ0v) is 15.1. The van der Waals surface area contributed by atoms with Gasteiger partial charge >= 0.3 is 0 Å². The van der Waals surface area contributed by atoms with Crippen LogP contribution in [0, 0.1) is 29.6 Å². The van der Waals surface area contributed by atoms with Gasteiger partial charge in [-0.15, -0.1) is 0 Å². The van der Waals surface area contributed by atoms with E-state index in [0.29, 0.717) is 6.10 Å². The number of hydrogen-bond acceptors (Lipinski definition) is 1. The minimum absolute atomic E-state index is 0.598. The molecule has 6 unspecified atom stereocenters. The van der Waals surface area contributed by atoms with E-state index in [0.717, 1.165) is 36.2 Å². The molecule has 3 saturated carbocycles. The van der Waals surface area contributed by atoms with Gasteiger partial charge in [0.15, 0.2) is 0 Å². The Labute approximate surface area is 138 Å². The quantitative estimate of drug-likeness (QED) is 0.530. The van der Waals surface area contributed by atoms with Crippen LogP contribution in [0.1, 0.15) is 90.9 Å². The maximum atomic E-state index is 6.16. The van der Waals surface area contributed by atoms with E-state index in [9.17, 15) is 0 Å². The van der Waals surface area contributed by atoms with Crippen molar-refractivity contribution >= 4 is 0 Å². The molecule has 0 aliphatic heterocycles. The Kier molecular flexibility index (Phi) is 6.24. The minimum atomic E-state index is 0.598. The Balaban J connectivity index is 1.50. The molecule has 0 saturated heterocycles. The normalized spacial score (nSPS) is 41.7. The van der Waals surface area contributed by atoms with Crippen LogP contribution in [0.15, 0.2) is 0 Å². The summed E-state index contributed by atoms with van der Waals surface area (Å²) in [7, 11) is 0. The molecule has 3 aliphatic rings. The number of fused-ring (bicyclic) bond motifs is 3. The van der Waals surface area contributed by atoms with Crippen LogP contribution < -0.4 is 0 Å². The molecule has 0 aromatic rings. The molecule has 128 valence electrons. The Morgan fingerprint density at radius 1 is 0.773 bits per heavy atom.